The molecule has 2 spiro atoms. The Kier molecular flexibility index (Phi) is 12.9. The number of imidazole rings is 2. The summed E-state index contributed by atoms with van der Waals surface area (Å²) >= 11 is 0. The average Bonchev–Trinajstić information content (AvgIpc) is 4.42. The zero-order chi connectivity index (χ0) is 54.9. The van der Waals surface area contributed by atoms with Gasteiger partial charge in [-0.2, -0.15) is 0 Å². The lowest BCUT2D eigenvalue weighted by Gasteiger charge is -2.40. The molecule has 2 aromatic carbocycles. The molecule has 6 aliphatic rings. The van der Waals surface area contributed by atoms with Crippen LogP contribution in [0, 0.1) is 0 Å². The number of carbonyl (C=O) groups is 2. The van der Waals surface area contributed by atoms with Gasteiger partial charge in [0.1, 0.15) is 84.9 Å². The number of aliphatic hydroxyl groups excluding tert-OH is 1. The lowest BCUT2D eigenvalue weighted by Crippen LogP contribution is -2.55. The summed E-state index contributed by atoms with van der Waals surface area (Å²) in [4.78, 5) is 70.8. The third-order valence-electron chi connectivity index (χ3n) is 16.0. The maximum Gasteiger partial charge on any atom is 0.248 e. The molecular formula is C58H62N14O8. The normalized spacial score (nSPS) is 22.1. The van der Waals surface area contributed by atoms with E-state index < -0.39 is 17.7 Å². The van der Waals surface area contributed by atoms with Crippen molar-refractivity contribution in [3.05, 3.63) is 120 Å². The summed E-state index contributed by atoms with van der Waals surface area (Å²) in [6.07, 6.45) is 7.20. The number of aliphatic hydroxyl groups is 1. The molecule has 2 unspecified atom stereocenters. The molecular weight excluding hydrogens is 1020 g/mol. The molecule has 8 aromatic rings. The zero-order valence-electron chi connectivity index (χ0n) is 45.4. The van der Waals surface area contributed by atoms with E-state index in [2.05, 4.69) is 41.0 Å². The van der Waals surface area contributed by atoms with Gasteiger partial charge >= 0.3 is 0 Å². The van der Waals surface area contributed by atoms with Gasteiger partial charge in [0.25, 0.3) is 0 Å². The van der Waals surface area contributed by atoms with Crippen molar-refractivity contribution in [3.63, 3.8) is 0 Å². The molecule has 22 nitrogen and oxygen atoms in total. The van der Waals surface area contributed by atoms with Crippen molar-refractivity contribution in [1.29, 1.82) is 0 Å². The summed E-state index contributed by atoms with van der Waals surface area (Å²) in [7, 11) is 0. The Morgan fingerprint density at radius 2 is 1.05 bits per heavy atom. The monoisotopic (exact) mass is 1080 g/mol. The van der Waals surface area contributed by atoms with E-state index in [1.54, 1.807) is 17.3 Å². The fourth-order valence-corrected chi connectivity index (χ4v) is 12.0. The molecule has 2 amide bonds. The van der Waals surface area contributed by atoms with Crippen LogP contribution in [0.25, 0.3) is 44.8 Å². The quantitative estimate of drug-likeness (QED) is 0.222. The standard InChI is InChI=1S/C31H35N7O4.C27H27N7O4/c1-20-15-36(11-12-37(20)27(39)17-42-30(2,3)4)29-32-13-21(14-33-29)23-9-10-24-28(35-23)38-26(34-24)16-40-18-31(38)19-41-25-8-6-5-7-22(25)31;1-17-12-32(8-9-33(17)24(36)13-35)26-28-10-18(11-29-26)20-6-7-21-25(31-20)34-23(30-21)14-37-15-27(34)16-38-22-5-3-2-4-19(22)27/h5-10,13-14,20H,11-12,15-19H2,1-4H3;2-7,10-11,17,35H,8-9,12-16H2,1H3/t20-,31?;17-,27?/m00/s1. The van der Waals surface area contributed by atoms with E-state index in [9.17, 15) is 14.7 Å². The van der Waals surface area contributed by atoms with E-state index in [4.69, 9.17) is 53.6 Å². The van der Waals surface area contributed by atoms with Gasteiger partial charge in [0.15, 0.2) is 11.3 Å². The molecule has 80 heavy (non-hydrogen) atoms. The van der Waals surface area contributed by atoms with Crippen molar-refractivity contribution in [2.75, 3.05) is 88.7 Å². The Balaban J connectivity index is 0.000000152. The number of hydrogen-bond donors (Lipinski definition) is 1. The predicted octanol–water partition coefficient (Wildman–Crippen LogP) is 4.99. The molecule has 12 heterocycles. The molecule has 0 radical (unpaired) electrons. The molecule has 2 saturated heterocycles. The lowest BCUT2D eigenvalue weighted by atomic mass is 9.91. The van der Waals surface area contributed by atoms with Crippen LogP contribution in [0.5, 0.6) is 11.5 Å². The molecule has 22 heteroatoms. The van der Waals surface area contributed by atoms with Crippen molar-refractivity contribution in [1.82, 2.24) is 58.8 Å². The van der Waals surface area contributed by atoms with Crippen molar-refractivity contribution >= 4 is 46.0 Å². The van der Waals surface area contributed by atoms with Crippen LogP contribution in [0.3, 0.4) is 0 Å². The molecule has 0 saturated carbocycles. The van der Waals surface area contributed by atoms with E-state index in [0.717, 1.165) is 79.1 Å². The summed E-state index contributed by atoms with van der Waals surface area (Å²) in [5, 5.41) is 9.19. The number of ether oxygens (including phenoxy) is 5. The highest BCUT2D eigenvalue weighted by atomic mass is 16.5. The number of aromatic nitrogens is 10. The molecule has 0 bridgehead atoms. The van der Waals surface area contributed by atoms with E-state index in [1.807, 2.05) is 113 Å². The second-order valence-electron chi connectivity index (χ2n) is 22.3. The molecule has 4 atom stereocenters. The first-order valence-corrected chi connectivity index (χ1v) is 27.2. The number of rotatable bonds is 7. The van der Waals surface area contributed by atoms with Gasteiger partial charge in [-0.3, -0.25) is 18.7 Å². The average molecular weight is 1080 g/mol. The topological polar surface area (TPSA) is 226 Å². The number of pyridine rings is 2. The molecule has 14 rings (SSSR count). The third-order valence-corrected chi connectivity index (χ3v) is 16.0. The molecule has 2 fully saturated rings. The second-order valence-corrected chi connectivity index (χ2v) is 22.3. The van der Waals surface area contributed by atoms with Gasteiger partial charge in [-0.15, -0.1) is 0 Å². The van der Waals surface area contributed by atoms with Crippen LogP contribution in [-0.4, -0.2) is 172 Å². The summed E-state index contributed by atoms with van der Waals surface area (Å²) < 4.78 is 34.3. The Hall–Kier alpha value is -8.18. The third kappa shape index (κ3) is 8.99. The van der Waals surface area contributed by atoms with Gasteiger partial charge in [-0.1, -0.05) is 36.4 Å². The summed E-state index contributed by atoms with van der Waals surface area (Å²) in [6, 6.07) is 24.0. The molecule has 6 aliphatic heterocycles. The van der Waals surface area contributed by atoms with E-state index in [1.165, 1.54) is 0 Å². The smallest absolute Gasteiger partial charge is 0.248 e. The minimum Gasteiger partial charge on any atom is -0.490 e. The van der Waals surface area contributed by atoms with Gasteiger partial charge in [-0.05, 0) is 71.0 Å². The van der Waals surface area contributed by atoms with E-state index in [0.29, 0.717) is 90.8 Å². The van der Waals surface area contributed by atoms with Gasteiger partial charge in [0.2, 0.25) is 23.7 Å². The Morgan fingerprint density at radius 1 is 0.600 bits per heavy atom. The van der Waals surface area contributed by atoms with Crippen molar-refractivity contribution in [3.8, 4) is 34.0 Å². The van der Waals surface area contributed by atoms with Gasteiger partial charge in [0.05, 0.1) is 30.2 Å². The number of fused-ring (bicyclic) bond motifs is 12. The molecule has 412 valence electrons. The van der Waals surface area contributed by atoms with Crippen molar-refractivity contribution in [2.24, 2.45) is 0 Å². The number of benzene rings is 2. The Bertz CT molecular complexity index is 3660. The number of amides is 2. The van der Waals surface area contributed by atoms with Crippen LogP contribution in [0.4, 0.5) is 11.9 Å². The van der Waals surface area contributed by atoms with Crippen LogP contribution in [-0.2, 0) is 48.1 Å². The maximum absolute atomic E-state index is 12.7. The minimum atomic E-state index is -0.513. The summed E-state index contributed by atoms with van der Waals surface area (Å²) in [5.74, 6) is 4.41. The fraction of sp³-hybridized carbons (Fsp3) is 0.414. The minimum absolute atomic E-state index is 0.0119. The van der Waals surface area contributed by atoms with Crippen LogP contribution in [0.1, 0.15) is 57.4 Å². The number of para-hydroxylation sites is 2. The highest BCUT2D eigenvalue weighted by Crippen LogP contribution is 2.46. The fourth-order valence-electron chi connectivity index (χ4n) is 12.0. The first-order valence-electron chi connectivity index (χ1n) is 27.2. The Morgan fingerprint density at radius 3 is 1.49 bits per heavy atom. The van der Waals surface area contributed by atoms with Crippen LogP contribution in [0.2, 0.25) is 0 Å². The van der Waals surface area contributed by atoms with Gasteiger partial charge in [0, 0.05) is 98.4 Å². The van der Waals surface area contributed by atoms with E-state index >= 15 is 0 Å². The molecule has 1 N–H and O–H groups in total. The zero-order valence-corrected chi connectivity index (χ0v) is 45.4. The Labute approximate surface area is 461 Å². The SMILES string of the molecule is C[C@H]1CN(c2ncc(-c3ccc4nc5n(c4n3)C3(COC5)COc4ccccc43)cn2)CCN1C(=O)CO.C[C@H]1CN(c2ncc(-c3ccc4nc5n(c4n3)C3(COC5)COc4ccccc43)cn2)CCN1C(=O)COC(C)(C)C. The van der Waals surface area contributed by atoms with Crippen molar-refractivity contribution in [2.45, 2.75) is 76.6 Å². The maximum atomic E-state index is 12.7. The first-order chi connectivity index (χ1) is 38.8. The van der Waals surface area contributed by atoms with Crippen LogP contribution >= 0.6 is 0 Å². The second kappa shape index (κ2) is 20.2. The summed E-state index contributed by atoms with van der Waals surface area (Å²) in [5.41, 5.74) is 7.14. The summed E-state index contributed by atoms with van der Waals surface area (Å²) in [6.45, 7) is 15.9. The number of hydrogen-bond acceptors (Lipinski definition) is 18. The lowest BCUT2D eigenvalue weighted by molar-refractivity contribution is -0.143. The van der Waals surface area contributed by atoms with Crippen LogP contribution in [0.15, 0.2) is 97.6 Å². The number of piperazine rings is 2. The molecule has 6 aromatic heterocycles. The highest BCUT2D eigenvalue weighted by Gasteiger charge is 2.49. The molecule has 0 aliphatic carbocycles. The number of nitrogens with zero attached hydrogens (tertiary/aromatic N) is 14. The predicted molar refractivity (Wildman–Crippen MR) is 294 cm³/mol. The van der Waals surface area contributed by atoms with Crippen molar-refractivity contribution < 1.29 is 38.4 Å². The highest BCUT2D eigenvalue weighted by molar-refractivity contribution is 5.80. The van der Waals surface area contributed by atoms with Crippen LogP contribution < -0.4 is 19.3 Å². The van der Waals surface area contributed by atoms with Gasteiger partial charge in [-0.25, -0.2) is 39.9 Å². The van der Waals surface area contributed by atoms with Gasteiger partial charge < -0.3 is 48.4 Å². The largest absolute Gasteiger partial charge is 0.490 e. The van der Waals surface area contributed by atoms with E-state index in [-0.39, 0.29) is 36.1 Å². The first kappa shape index (κ1) is 51.3. The number of anilines is 2. The number of carbonyl (C=O) groups excluding carboxylic acids is 2.